The number of hydrogen-bond acceptors (Lipinski definition) is 1. The van der Waals surface area contributed by atoms with Gasteiger partial charge in [-0.1, -0.05) is 46.9 Å². The van der Waals surface area contributed by atoms with Crippen LogP contribution in [0.25, 0.3) is 12.2 Å². The first-order valence-corrected chi connectivity index (χ1v) is 9.72. The minimum absolute atomic E-state index is 0.443. The highest BCUT2D eigenvalue weighted by Crippen LogP contribution is 2.39. The van der Waals surface area contributed by atoms with Crippen molar-refractivity contribution in [3.8, 4) is 0 Å². The molecule has 108 valence electrons. The number of fused-ring (bicyclic) bond motifs is 2. The van der Waals surface area contributed by atoms with Crippen LogP contribution in [-0.2, 0) is 0 Å². The molecule has 0 fully saturated rings. The van der Waals surface area contributed by atoms with Crippen LogP contribution in [0, 0.1) is 3.57 Å². The highest BCUT2D eigenvalue weighted by Gasteiger charge is 2.21. The number of rotatable bonds is 3. The summed E-state index contributed by atoms with van der Waals surface area (Å²) in [5, 5.41) is 0. The molecule has 0 amide bonds. The molecule has 3 rings (SSSR count). The summed E-state index contributed by atoms with van der Waals surface area (Å²) in [6, 6.07) is 13.1. The van der Waals surface area contributed by atoms with Crippen LogP contribution < -0.4 is 5.73 Å². The van der Waals surface area contributed by atoms with Crippen molar-refractivity contribution in [2.75, 3.05) is 10.2 Å². The zero-order chi connectivity index (χ0) is 14.8. The lowest BCUT2D eigenvalue weighted by Gasteiger charge is -2.21. The molecule has 0 bridgehead atoms. The van der Waals surface area contributed by atoms with E-state index in [-0.39, 0.29) is 0 Å². The zero-order valence-electron chi connectivity index (χ0n) is 11.7. The molecule has 1 nitrogen and oxygen atoms in total. The van der Waals surface area contributed by atoms with E-state index in [1.54, 1.807) is 0 Å². The Morgan fingerprint density at radius 2 is 1.62 bits per heavy atom. The first kappa shape index (κ1) is 15.3. The van der Waals surface area contributed by atoms with E-state index in [0.717, 1.165) is 5.69 Å². The smallest absolute Gasteiger partial charge is 0.0317 e. The number of hydrogen-bond donors (Lipinski definition) is 1. The summed E-state index contributed by atoms with van der Waals surface area (Å²) in [5.74, 6) is 0.443. The van der Waals surface area contributed by atoms with Gasteiger partial charge in [-0.3, -0.25) is 0 Å². The molecule has 2 aromatic rings. The molecule has 2 aromatic carbocycles. The largest absolute Gasteiger partial charge is 0.399 e. The van der Waals surface area contributed by atoms with Gasteiger partial charge in [0.25, 0.3) is 0 Å². The van der Waals surface area contributed by atoms with Gasteiger partial charge < -0.3 is 5.73 Å². The molecule has 21 heavy (non-hydrogen) atoms. The number of halogens is 2. The number of benzene rings is 2. The summed E-state index contributed by atoms with van der Waals surface area (Å²) < 4.78 is 2.49. The Morgan fingerprint density at radius 3 is 2.33 bits per heavy atom. The Hall–Kier alpha value is -0.560. The fraction of sp³-hybridized carbons (Fsp3) is 0.222. The van der Waals surface area contributed by atoms with Gasteiger partial charge >= 0.3 is 0 Å². The van der Waals surface area contributed by atoms with Crippen molar-refractivity contribution in [3.63, 3.8) is 0 Å². The number of anilines is 1. The Morgan fingerprint density at radius 1 is 0.952 bits per heavy atom. The van der Waals surface area contributed by atoms with E-state index in [4.69, 9.17) is 5.73 Å². The van der Waals surface area contributed by atoms with Gasteiger partial charge in [-0.15, -0.1) is 0 Å². The Balaban J connectivity index is 2.17. The zero-order valence-corrected chi connectivity index (χ0v) is 16.0. The minimum Gasteiger partial charge on any atom is -0.399 e. The Bertz CT molecular complexity index is 636. The summed E-state index contributed by atoms with van der Waals surface area (Å²) in [7, 11) is 0. The molecule has 1 aliphatic rings. The highest BCUT2D eigenvalue weighted by atomic mass is 127. The van der Waals surface area contributed by atoms with Crippen LogP contribution in [0.1, 0.15) is 41.0 Å². The van der Waals surface area contributed by atoms with E-state index in [1.165, 1.54) is 43.1 Å². The van der Waals surface area contributed by atoms with Crippen LogP contribution in [-0.4, -0.2) is 4.43 Å². The van der Waals surface area contributed by atoms with Gasteiger partial charge in [0.1, 0.15) is 0 Å². The van der Waals surface area contributed by atoms with Gasteiger partial charge in [0.15, 0.2) is 0 Å². The molecular formula is C18H17I2N. The van der Waals surface area contributed by atoms with Crippen LogP contribution in [0.5, 0.6) is 0 Å². The molecule has 1 aliphatic carbocycles. The first-order chi connectivity index (χ1) is 10.2. The van der Waals surface area contributed by atoms with Crippen LogP contribution >= 0.6 is 45.2 Å². The van der Waals surface area contributed by atoms with Crippen molar-refractivity contribution in [2.45, 2.75) is 18.8 Å². The number of alkyl halides is 1. The van der Waals surface area contributed by atoms with Gasteiger partial charge in [0.2, 0.25) is 0 Å². The van der Waals surface area contributed by atoms with Crippen LogP contribution in [0.4, 0.5) is 5.69 Å². The van der Waals surface area contributed by atoms with Crippen LogP contribution in [0.2, 0.25) is 0 Å². The van der Waals surface area contributed by atoms with Crippen molar-refractivity contribution in [1.29, 1.82) is 0 Å². The van der Waals surface area contributed by atoms with Gasteiger partial charge in [-0.2, -0.15) is 0 Å². The van der Waals surface area contributed by atoms with Crippen LogP contribution in [0.3, 0.4) is 0 Å². The molecule has 0 aromatic heterocycles. The van der Waals surface area contributed by atoms with E-state index >= 15 is 0 Å². The topological polar surface area (TPSA) is 26.0 Å². The normalized spacial score (nSPS) is 16.2. The van der Waals surface area contributed by atoms with Crippen molar-refractivity contribution in [2.24, 2.45) is 0 Å². The summed E-state index contributed by atoms with van der Waals surface area (Å²) >= 11 is 4.87. The molecule has 0 aliphatic heterocycles. The molecular weight excluding hydrogens is 484 g/mol. The molecule has 0 heterocycles. The first-order valence-electron chi connectivity index (χ1n) is 7.12. The molecule has 1 atom stereocenters. The molecule has 0 saturated carbocycles. The number of nitrogens with two attached hydrogens (primary N) is 1. The second-order valence-corrected chi connectivity index (χ2v) is 7.70. The maximum Gasteiger partial charge on any atom is 0.0317 e. The second-order valence-electron chi connectivity index (χ2n) is 5.38. The lowest BCUT2D eigenvalue weighted by atomic mass is 9.84. The van der Waals surface area contributed by atoms with Crippen molar-refractivity contribution >= 4 is 63.0 Å². The predicted octanol–water partition coefficient (Wildman–Crippen LogP) is 5.70. The third-order valence-electron chi connectivity index (χ3n) is 3.98. The fourth-order valence-electron chi connectivity index (χ4n) is 2.99. The van der Waals surface area contributed by atoms with E-state index in [0.29, 0.717) is 5.92 Å². The Kier molecular flexibility index (Phi) is 4.88. The van der Waals surface area contributed by atoms with Crippen LogP contribution in [0.15, 0.2) is 36.4 Å². The molecule has 3 heteroatoms. The van der Waals surface area contributed by atoms with E-state index in [9.17, 15) is 0 Å². The number of nitrogen functional groups attached to an aromatic ring is 1. The quantitative estimate of drug-likeness (QED) is 0.326. The average molecular weight is 501 g/mol. The fourth-order valence-corrected chi connectivity index (χ4v) is 3.94. The monoisotopic (exact) mass is 501 g/mol. The van der Waals surface area contributed by atoms with E-state index < -0.39 is 0 Å². The summed E-state index contributed by atoms with van der Waals surface area (Å²) in [4.78, 5) is 0. The van der Waals surface area contributed by atoms with E-state index in [1.807, 2.05) is 6.07 Å². The molecule has 2 N–H and O–H groups in total. The third kappa shape index (κ3) is 3.28. The minimum atomic E-state index is 0.443. The maximum atomic E-state index is 6.05. The molecule has 1 unspecified atom stereocenters. The van der Waals surface area contributed by atoms with Crippen molar-refractivity contribution in [1.82, 2.24) is 0 Å². The van der Waals surface area contributed by atoms with Gasteiger partial charge in [0.05, 0.1) is 0 Å². The van der Waals surface area contributed by atoms with E-state index in [2.05, 4.69) is 87.7 Å². The third-order valence-corrected chi connectivity index (χ3v) is 5.41. The summed E-state index contributed by atoms with van der Waals surface area (Å²) in [6.45, 7) is 0. The van der Waals surface area contributed by atoms with Gasteiger partial charge in [0, 0.05) is 15.2 Å². The lowest BCUT2D eigenvalue weighted by molar-refractivity contribution is 0.706. The van der Waals surface area contributed by atoms with Crippen molar-refractivity contribution in [3.05, 3.63) is 62.2 Å². The van der Waals surface area contributed by atoms with Gasteiger partial charge in [-0.05, 0) is 86.4 Å². The SMILES string of the molecule is Nc1ccc2c(c1)C(CCCI)c1cc(I)ccc1C=C2. The van der Waals surface area contributed by atoms with Gasteiger partial charge in [-0.25, -0.2) is 0 Å². The average Bonchev–Trinajstić information content (AvgIpc) is 2.62. The maximum absolute atomic E-state index is 6.05. The highest BCUT2D eigenvalue weighted by molar-refractivity contribution is 14.1. The molecule has 0 saturated heterocycles. The standard InChI is InChI=1S/C18H17I2N/c19-9-1-2-16-17-10-14(20)7-5-12(17)3-4-13-6-8-15(21)11-18(13)16/h3-8,10-11,16H,1-2,9,21H2. The summed E-state index contributed by atoms with van der Waals surface area (Å²) in [6.07, 6.45) is 6.87. The van der Waals surface area contributed by atoms with Crippen molar-refractivity contribution < 1.29 is 0 Å². The predicted molar refractivity (Wildman–Crippen MR) is 109 cm³/mol. The second kappa shape index (κ2) is 6.69. The molecule has 0 radical (unpaired) electrons. The summed E-state index contributed by atoms with van der Waals surface area (Å²) in [5.41, 5.74) is 12.3. The lowest BCUT2D eigenvalue weighted by Crippen LogP contribution is -2.05. The Labute approximate surface area is 153 Å². The molecule has 0 spiro atoms.